The van der Waals surface area contributed by atoms with Crippen LogP contribution in [0.3, 0.4) is 0 Å². The summed E-state index contributed by atoms with van der Waals surface area (Å²) >= 11 is -1.05. The fourth-order valence-electron chi connectivity index (χ4n) is 0. The van der Waals surface area contributed by atoms with Crippen molar-refractivity contribution in [1.82, 2.24) is 0 Å². The molecule has 0 aliphatic heterocycles. The first-order valence-corrected chi connectivity index (χ1v) is 2.66. The second kappa shape index (κ2) is 18.4. The third-order valence-electron chi connectivity index (χ3n) is 0. The maximum absolute atomic E-state index is 7.18. The van der Waals surface area contributed by atoms with E-state index in [9.17, 15) is 0 Å². The summed E-state index contributed by atoms with van der Waals surface area (Å²) in [6.07, 6.45) is 1.75. The molecular formula is C3H8O2Pd. The third-order valence-corrected chi connectivity index (χ3v) is 0. The summed E-state index contributed by atoms with van der Waals surface area (Å²) in [5.41, 5.74) is 0. The van der Waals surface area contributed by atoms with Gasteiger partial charge < -0.3 is 0 Å². The van der Waals surface area contributed by atoms with Crippen LogP contribution in [-0.4, -0.2) is 7.66 Å². The van der Waals surface area contributed by atoms with Crippen LogP contribution in [0.15, 0.2) is 12.7 Å². The van der Waals surface area contributed by atoms with Crippen molar-refractivity contribution in [2.24, 2.45) is 0 Å². The van der Waals surface area contributed by atoms with Gasteiger partial charge in [-0.05, 0) is 6.92 Å². The molecule has 2 nitrogen and oxygen atoms in total. The zero-order valence-electron chi connectivity index (χ0n) is 3.50. The van der Waals surface area contributed by atoms with Crippen LogP contribution in [0.25, 0.3) is 0 Å². The average Bonchev–Trinajstić information content (AvgIpc) is 1.39. The van der Waals surface area contributed by atoms with Crippen molar-refractivity contribution < 1.29 is 26.4 Å². The van der Waals surface area contributed by atoms with E-state index in [2.05, 4.69) is 6.58 Å². The van der Waals surface area contributed by atoms with E-state index in [1.165, 1.54) is 0 Å². The molecule has 0 aromatic rings. The van der Waals surface area contributed by atoms with Gasteiger partial charge in [0.15, 0.2) is 0 Å². The summed E-state index contributed by atoms with van der Waals surface area (Å²) in [5.74, 6) is 0. The monoisotopic (exact) mass is 182 g/mol. The van der Waals surface area contributed by atoms with Crippen molar-refractivity contribution in [1.29, 1.82) is 0 Å². The Balaban J connectivity index is 0. The summed E-state index contributed by atoms with van der Waals surface area (Å²) in [5, 5.41) is 0. The molecule has 0 heterocycles. The van der Waals surface area contributed by atoms with Crippen molar-refractivity contribution in [2.75, 3.05) is 0 Å². The number of allylic oxidation sites excluding steroid dienone is 1. The summed E-state index contributed by atoms with van der Waals surface area (Å²) < 4.78 is 14.4. The third kappa shape index (κ3) is 459. The molecule has 0 radical (unpaired) electrons. The van der Waals surface area contributed by atoms with Gasteiger partial charge in [0.1, 0.15) is 0 Å². The molecule has 42 valence electrons. The fraction of sp³-hybridized carbons (Fsp3) is 0.333. The Labute approximate surface area is 46.5 Å². The Morgan fingerprint density at radius 1 is 1.67 bits per heavy atom. The van der Waals surface area contributed by atoms with E-state index in [0.29, 0.717) is 0 Å². The van der Waals surface area contributed by atoms with Crippen LogP contribution in [0.5, 0.6) is 0 Å². The molecule has 3 heteroatoms. The molecule has 0 rings (SSSR count). The van der Waals surface area contributed by atoms with Crippen molar-refractivity contribution in [3.8, 4) is 0 Å². The molecule has 0 saturated carbocycles. The minimum absolute atomic E-state index is 1.05. The zero-order valence-corrected chi connectivity index (χ0v) is 5.05. The van der Waals surface area contributed by atoms with Crippen LogP contribution in [0.2, 0.25) is 0 Å². The maximum atomic E-state index is 7.18. The molecule has 0 spiro atoms. The molecule has 0 unspecified atom stereocenters. The molecule has 0 aliphatic carbocycles. The molecule has 0 aliphatic rings. The van der Waals surface area contributed by atoms with Crippen LogP contribution >= 0.6 is 0 Å². The number of hydrogen-bond acceptors (Lipinski definition) is 2. The molecule has 0 aromatic carbocycles. The Kier molecular flexibility index (Phi) is 29.5. The Bertz CT molecular complexity index is 22.8. The van der Waals surface area contributed by atoms with E-state index in [0.717, 1.165) is 0 Å². The molecule has 0 fully saturated rings. The summed E-state index contributed by atoms with van der Waals surface area (Å²) in [7, 11) is 0. The van der Waals surface area contributed by atoms with Crippen molar-refractivity contribution in [3.05, 3.63) is 12.7 Å². The van der Waals surface area contributed by atoms with Crippen molar-refractivity contribution in [3.63, 3.8) is 0 Å². The molecule has 0 aromatic heterocycles. The van der Waals surface area contributed by atoms with E-state index >= 15 is 0 Å². The van der Waals surface area contributed by atoms with E-state index < -0.39 is 18.7 Å². The molecule has 0 amide bonds. The molecular weight excluding hydrogens is 174 g/mol. The molecule has 2 N–H and O–H groups in total. The van der Waals surface area contributed by atoms with Gasteiger partial charge in [-0.2, -0.15) is 0 Å². The minimum atomic E-state index is -1.05. The first kappa shape index (κ1) is 9.59. The summed E-state index contributed by atoms with van der Waals surface area (Å²) in [6.45, 7) is 5.25. The zero-order chi connectivity index (χ0) is 5.41. The Morgan fingerprint density at radius 3 is 1.67 bits per heavy atom. The van der Waals surface area contributed by atoms with Gasteiger partial charge in [0.05, 0.1) is 0 Å². The first-order valence-electron chi connectivity index (χ1n) is 1.27. The van der Waals surface area contributed by atoms with Gasteiger partial charge in [-0.15, -0.1) is 6.58 Å². The predicted octanol–water partition coefficient (Wildman–Crippen LogP) is 0.0758. The fourth-order valence-corrected chi connectivity index (χ4v) is 0. The quantitative estimate of drug-likeness (QED) is 0.411. The van der Waals surface area contributed by atoms with Crippen LogP contribution < -0.4 is 0 Å². The Hall–Kier alpha value is 0.322. The van der Waals surface area contributed by atoms with E-state index in [-0.39, 0.29) is 0 Å². The van der Waals surface area contributed by atoms with Gasteiger partial charge >= 0.3 is 26.4 Å². The second-order valence-corrected chi connectivity index (χ2v) is 0.782. The topological polar surface area (TPSA) is 40.5 Å². The van der Waals surface area contributed by atoms with Gasteiger partial charge in [-0.1, -0.05) is 6.08 Å². The van der Waals surface area contributed by atoms with Gasteiger partial charge in [0.2, 0.25) is 0 Å². The van der Waals surface area contributed by atoms with Gasteiger partial charge in [0, 0.05) is 0 Å². The van der Waals surface area contributed by atoms with Crippen molar-refractivity contribution >= 4 is 0 Å². The standard InChI is InChI=1S/C3H6.2H2O.Pd/c1-3-2;;;/h3H,1H2,2H3;2*1H2;/q;;;+2/p-2. The number of rotatable bonds is 0. The molecule has 0 saturated heterocycles. The second-order valence-electron chi connectivity index (χ2n) is 0.471. The first-order chi connectivity index (χ1) is 2.83. The molecule has 0 bridgehead atoms. The van der Waals surface area contributed by atoms with Crippen LogP contribution in [0, 0.1) is 0 Å². The predicted molar refractivity (Wildman–Crippen MR) is 20.3 cm³/mol. The Morgan fingerprint density at radius 2 is 1.67 bits per heavy atom. The van der Waals surface area contributed by atoms with Crippen molar-refractivity contribution in [2.45, 2.75) is 6.92 Å². The molecule has 0 atom stereocenters. The van der Waals surface area contributed by atoms with Gasteiger partial charge in [-0.3, -0.25) is 0 Å². The number of hydrogen-bond donors (Lipinski definition) is 2. The molecule has 6 heavy (non-hydrogen) atoms. The van der Waals surface area contributed by atoms with E-state index in [1.807, 2.05) is 6.92 Å². The average molecular weight is 183 g/mol. The van der Waals surface area contributed by atoms with E-state index in [1.54, 1.807) is 6.08 Å². The van der Waals surface area contributed by atoms with Gasteiger partial charge in [-0.25, -0.2) is 0 Å². The summed E-state index contributed by atoms with van der Waals surface area (Å²) in [6, 6.07) is 0. The summed E-state index contributed by atoms with van der Waals surface area (Å²) in [4.78, 5) is 0. The van der Waals surface area contributed by atoms with E-state index in [4.69, 9.17) is 7.66 Å². The van der Waals surface area contributed by atoms with Crippen LogP contribution in [0.1, 0.15) is 6.92 Å². The van der Waals surface area contributed by atoms with Crippen LogP contribution in [-0.2, 0) is 18.7 Å². The van der Waals surface area contributed by atoms with Gasteiger partial charge in [0.25, 0.3) is 0 Å². The van der Waals surface area contributed by atoms with Crippen LogP contribution in [0.4, 0.5) is 0 Å². The SMILES string of the molecule is C=CC.[OH][Pd][OH]. The normalized spacial score (nSPS) is 5.83.